The molecule has 5 rings (SSSR count). The fourth-order valence-electron chi connectivity index (χ4n) is 5.68. The van der Waals surface area contributed by atoms with Gasteiger partial charge in [-0.25, -0.2) is 0 Å². The first-order valence-electron chi connectivity index (χ1n) is 9.40. The van der Waals surface area contributed by atoms with E-state index in [1.165, 1.54) is 24.8 Å². The summed E-state index contributed by atoms with van der Waals surface area (Å²) in [7, 11) is 0. The van der Waals surface area contributed by atoms with Gasteiger partial charge in [0, 0.05) is 0 Å². The zero-order valence-electron chi connectivity index (χ0n) is 14.4. The first kappa shape index (κ1) is 15.2. The van der Waals surface area contributed by atoms with Crippen LogP contribution in [0.3, 0.4) is 0 Å². The Balaban J connectivity index is 1.48. The van der Waals surface area contributed by atoms with Gasteiger partial charge in [-0.15, -0.1) is 0 Å². The molecular weight excluding hydrogens is 284 g/mol. The van der Waals surface area contributed by atoms with Crippen molar-refractivity contribution in [1.82, 2.24) is 0 Å². The third-order valence-electron chi connectivity index (χ3n) is 6.74. The van der Waals surface area contributed by atoms with E-state index in [0.29, 0.717) is 5.92 Å². The Labute approximate surface area is 139 Å². The molecule has 23 heavy (non-hydrogen) atoms. The van der Waals surface area contributed by atoms with E-state index in [1.54, 1.807) is 0 Å². The van der Waals surface area contributed by atoms with Crippen molar-refractivity contribution in [2.75, 3.05) is 0 Å². The molecule has 0 amide bonds. The first-order chi connectivity index (χ1) is 11.1. The smallest absolute Gasteiger partial charge is 0.317 e. The number of carbonyl (C=O) groups is 1. The maximum absolute atomic E-state index is 12.9. The third-order valence-corrected chi connectivity index (χ3v) is 6.74. The molecule has 1 aromatic rings. The Kier molecular flexibility index (Phi) is 3.74. The standard InChI is InChI=1S/C21H28O2/c1-3-14(2)18-4-6-19(7-5-18)23-20(22)21-11-15-8-16(12-21)10-17(9-15)13-21/h4-7,14-17H,3,8-13H2,1-2H3. The summed E-state index contributed by atoms with van der Waals surface area (Å²) in [5.74, 6) is 3.67. The molecule has 2 heteroatoms. The van der Waals surface area contributed by atoms with Crippen LogP contribution in [0, 0.1) is 23.2 Å². The summed E-state index contributed by atoms with van der Waals surface area (Å²) in [6, 6.07) is 8.16. The first-order valence-corrected chi connectivity index (χ1v) is 9.40. The summed E-state index contributed by atoms with van der Waals surface area (Å²) in [6.07, 6.45) is 8.42. The molecule has 4 saturated carbocycles. The van der Waals surface area contributed by atoms with Crippen LogP contribution in [0.5, 0.6) is 5.75 Å². The second-order valence-electron chi connectivity index (χ2n) is 8.47. The molecule has 0 radical (unpaired) electrons. The molecule has 0 saturated heterocycles. The van der Waals surface area contributed by atoms with Crippen LogP contribution in [0.1, 0.15) is 70.3 Å². The highest BCUT2D eigenvalue weighted by atomic mass is 16.5. The fraction of sp³-hybridized carbons (Fsp3) is 0.667. The van der Waals surface area contributed by atoms with Gasteiger partial charge in [-0.3, -0.25) is 4.79 Å². The monoisotopic (exact) mass is 312 g/mol. The summed E-state index contributed by atoms with van der Waals surface area (Å²) in [4.78, 5) is 12.9. The van der Waals surface area contributed by atoms with Crippen molar-refractivity contribution in [3.63, 3.8) is 0 Å². The zero-order chi connectivity index (χ0) is 16.0. The second-order valence-corrected chi connectivity index (χ2v) is 8.47. The van der Waals surface area contributed by atoms with Gasteiger partial charge in [0.1, 0.15) is 5.75 Å². The maximum atomic E-state index is 12.9. The molecule has 0 spiro atoms. The Morgan fingerprint density at radius 1 is 1.09 bits per heavy atom. The van der Waals surface area contributed by atoms with Crippen molar-refractivity contribution in [2.45, 2.75) is 64.7 Å². The van der Waals surface area contributed by atoms with E-state index in [1.807, 2.05) is 12.1 Å². The van der Waals surface area contributed by atoms with Crippen LogP contribution in [-0.2, 0) is 4.79 Å². The summed E-state index contributed by atoms with van der Waals surface area (Å²) in [5, 5.41) is 0. The van der Waals surface area contributed by atoms with E-state index >= 15 is 0 Å². The normalized spacial score (nSPS) is 36.0. The van der Waals surface area contributed by atoms with Crippen molar-refractivity contribution in [1.29, 1.82) is 0 Å². The molecule has 4 aliphatic carbocycles. The van der Waals surface area contributed by atoms with Crippen molar-refractivity contribution in [2.24, 2.45) is 23.2 Å². The lowest BCUT2D eigenvalue weighted by atomic mass is 9.49. The number of hydrogen-bond acceptors (Lipinski definition) is 2. The molecule has 1 aromatic carbocycles. The van der Waals surface area contributed by atoms with Crippen LogP contribution >= 0.6 is 0 Å². The van der Waals surface area contributed by atoms with Gasteiger partial charge >= 0.3 is 5.97 Å². The molecule has 2 nitrogen and oxygen atoms in total. The van der Waals surface area contributed by atoms with Gasteiger partial charge in [-0.05, 0) is 86.3 Å². The number of rotatable bonds is 4. The molecule has 4 fully saturated rings. The molecule has 1 unspecified atom stereocenters. The van der Waals surface area contributed by atoms with Crippen molar-refractivity contribution >= 4 is 5.97 Å². The Morgan fingerprint density at radius 3 is 2.09 bits per heavy atom. The van der Waals surface area contributed by atoms with Crippen molar-refractivity contribution < 1.29 is 9.53 Å². The molecule has 4 bridgehead atoms. The van der Waals surface area contributed by atoms with E-state index in [9.17, 15) is 4.79 Å². The van der Waals surface area contributed by atoms with E-state index < -0.39 is 0 Å². The van der Waals surface area contributed by atoms with Gasteiger partial charge in [-0.1, -0.05) is 26.0 Å². The molecule has 4 aliphatic rings. The lowest BCUT2D eigenvalue weighted by molar-refractivity contribution is -0.161. The summed E-state index contributed by atoms with van der Waals surface area (Å²) >= 11 is 0. The van der Waals surface area contributed by atoms with E-state index in [-0.39, 0.29) is 11.4 Å². The van der Waals surface area contributed by atoms with E-state index in [4.69, 9.17) is 4.74 Å². The molecule has 0 aliphatic heterocycles. The van der Waals surface area contributed by atoms with Crippen LogP contribution in [0.2, 0.25) is 0 Å². The average molecular weight is 312 g/mol. The number of hydrogen-bond donors (Lipinski definition) is 0. The van der Waals surface area contributed by atoms with Gasteiger partial charge in [0.15, 0.2) is 0 Å². The SMILES string of the molecule is CCC(C)c1ccc(OC(=O)C23CC4CC(CC(C4)C2)C3)cc1. The highest BCUT2D eigenvalue weighted by molar-refractivity contribution is 5.79. The average Bonchev–Trinajstić information content (AvgIpc) is 2.53. The van der Waals surface area contributed by atoms with Crippen molar-refractivity contribution in [3.05, 3.63) is 29.8 Å². The highest BCUT2D eigenvalue weighted by Crippen LogP contribution is 2.60. The van der Waals surface area contributed by atoms with Crippen LogP contribution in [0.15, 0.2) is 24.3 Å². The predicted octanol–water partition coefficient (Wildman–Crippen LogP) is 5.32. The number of esters is 1. The molecule has 0 N–H and O–H groups in total. The minimum atomic E-state index is -0.163. The lowest BCUT2D eigenvalue weighted by Gasteiger charge is -2.55. The molecular formula is C21H28O2. The minimum absolute atomic E-state index is 0.0490. The quantitative estimate of drug-likeness (QED) is 0.555. The topological polar surface area (TPSA) is 26.3 Å². The lowest BCUT2D eigenvalue weighted by Crippen LogP contribution is -2.51. The van der Waals surface area contributed by atoms with Crippen LogP contribution in [0.4, 0.5) is 0 Å². The van der Waals surface area contributed by atoms with Gasteiger partial charge in [0.25, 0.3) is 0 Å². The van der Waals surface area contributed by atoms with Crippen molar-refractivity contribution in [3.8, 4) is 5.75 Å². The van der Waals surface area contributed by atoms with Gasteiger partial charge in [0.2, 0.25) is 0 Å². The number of ether oxygens (including phenoxy) is 1. The summed E-state index contributed by atoms with van der Waals surface area (Å²) in [5.41, 5.74) is 1.16. The Hall–Kier alpha value is -1.31. The Morgan fingerprint density at radius 2 is 1.61 bits per heavy atom. The van der Waals surface area contributed by atoms with Crippen LogP contribution in [0.25, 0.3) is 0 Å². The minimum Gasteiger partial charge on any atom is -0.426 e. The van der Waals surface area contributed by atoms with Crippen LogP contribution in [-0.4, -0.2) is 5.97 Å². The summed E-state index contributed by atoms with van der Waals surface area (Å²) in [6.45, 7) is 4.43. The number of carbonyl (C=O) groups excluding carboxylic acids is 1. The fourth-order valence-corrected chi connectivity index (χ4v) is 5.68. The Bertz CT molecular complexity index is 551. The van der Waals surface area contributed by atoms with E-state index in [2.05, 4.69) is 26.0 Å². The van der Waals surface area contributed by atoms with E-state index in [0.717, 1.165) is 49.2 Å². The van der Waals surface area contributed by atoms with Gasteiger partial charge < -0.3 is 4.74 Å². The third kappa shape index (κ3) is 2.70. The van der Waals surface area contributed by atoms with Gasteiger partial charge in [-0.2, -0.15) is 0 Å². The molecule has 1 atom stereocenters. The highest BCUT2D eigenvalue weighted by Gasteiger charge is 2.55. The molecule has 124 valence electrons. The second kappa shape index (κ2) is 5.65. The molecule has 0 heterocycles. The zero-order valence-corrected chi connectivity index (χ0v) is 14.4. The molecule has 0 aromatic heterocycles. The van der Waals surface area contributed by atoms with Crippen LogP contribution < -0.4 is 4.74 Å². The number of benzene rings is 1. The van der Waals surface area contributed by atoms with Gasteiger partial charge in [0.05, 0.1) is 5.41 Å². The summed E-state index contributed by atoms with van der Waals surface area (Å²) < 4.78 is 5.83. The largest absolute Gasteiger partial charge is 0.426 e. The predicted molar refractivity (Wildman–Crippen MR) is 91.4 cm³/mol. The maximum Gasteiger partial charge on any atom is 0.317 e.